The standard InChI is InChI=1S/C19H28F2N2O/c20-19(21)24-18-8-5-6-16(14-18)15-23-12-2-1-7-17(23)9-13-22-10-3-4-11-22/h5-6,8,14,17,19H,1-4,7,9-13,15H2/t17-/m0/s1. The van der Waals surface area contributed by atoms with Crippen molar-refractivity contribution in [3.05, 3.63) is 29.8 Å². The molecule has 0 unspecified atom stereocenters. The number of nitrogens with zero attached hydrogens (tertiary/aromatic N) is 2. The maximum atomic E-state index is 12.4. The van der Waals surface area contributed by atoms with Gasteiger partial charge in [-0.05, 0) is 76.0 Å². The number of hydrogen-bond acceptors (Lipinski definition) is 3. The predicted molar refractivity (Wildman–Crippen MR) is 91.4 cm³/mol. The van der Waals surface area contributed by atoms with Crippen LogP contribution in [-0.4, -0.2) is 48.6 Å². The van der Waals surface area contributed by atoms with Crippen molar-refractivity contribution in [3.8, 4) is 5.75 Å². The average molecular weight is 338 g/mol. The van der Waals surface area contributed by atoms with Crippen LogP contribution in [0, 0.1) is 0 Å². The Balaban J connectivity index is 1.56. The number of alkyl halides is 2. The van der Waals surface area contributed by atoms with Gasteiger partial charge in [-0.2, -0.15) is 8.78 Å². The molecule has 5 heteroatoms. The average Bonchev–Trinajstić information content (AvgIpc) is 3.07. The molecule has 0 amide bonds. The Morgan fingerprint density at radius 3 is 2.67 bits per heavy atom. The number of hydrogen-bond donors (Lipinski definition) is 0. The van der Waals surface area contributed by atoms with Gasteiger partial charge in [0.05, 0.1) is 0 Å². The molecule has 0 bridgehead atoms. The maximum absolute atomic E-state index is 12.4. The Morgan fingerprint density at radius 2 is 1.88 bits per heavy atom. The first-order valence-corrected chi connectivity index (χ1v) is 9.21. The minimum atomic E-state index is -2.76. The van der Waals surface area contributed by atoms with Crippen LogP contribution in [0.2, 0.25) is 0 Å². The Hall–Kier alpha value is -1.20. The molecule has 0 aliphatic carbocycles. The molecule has 3 nitrogen and oxygen atoms in total. The lowest BCUT2D eigenvalue weighted by atomic mass is 9.98. The third-order valence-electron chi connectivity index (χ3n) is 5.24. The zero-order chi connectivity index (χ0) is 16.8. The van der Waals surface area contributed by atoms with E-state index in [-0.39, 0.29) is 5.75 Å². The molecular formula is C19H28F2N2O. The Bertz CT molecular complexity index is 506. The van der Waals surface area contributed by atoms with Crippen LogP contribution < -0.4 is 4.74 Å². The molecule has 1 aromatic rings. The van der Waals surface area contributed by atoms with E-state index >= 15 is 0 Å². The fourth-order valence-electron chi connectivity index (χ4n) is 3.99. The molecular weight excluding hydrogens is 310 g/mol. The van der Waals surface area contributed by atoms with E-state index in [1.807, 2.05) is 6.07 Å². The van der Waals surface area contributed by atoms with E-state index in [1.54, 1.807) is 18.2 Å². The summed E-state index contributed by atoms with van der Waals surface area (Å²) in [5.74, 6) is 0.258. The van der Waals surface area contributed by atoms with Crippen molar-refractivity contribution in [3.63, 3.8) is 0 Å². The Kier molecular flexibility index (Phi) is 6.44. The summed E-state index contributed by atoms with van der Waals surface area (Å²) in [4.78, 5) is 5.10. The van der Waals surface area contributed by atoms with E-state index in [0.717, 1.165) is 18.7 Å². The van der Waals surface area contributed by atoms with E-state index in [2.05, 4.69) is 14.5 Å². The number of benzene rings is 1. The zero-order valence-corrected chi connectivity index (χ0v) is 14.3. The summed E-state index contributed by atoms with van der Waals surface area (Å²) < 4.78 is 29.3. The van der Waals surface area contributed by atoms with Crippen molar-refractivity contribution in [2.24, 2.45) is 0 Å². The highest BCUT2D eigenvalue weighted by atomic mass is 19.3. The highest BCUT2D eigenvalue weighted by Gasteiger charge is 2.23. The van der Waals surface area contributed by atoms with Crippen LogP contribution in [0.4, 0.5) is 8.78 Å². The lowest BCUT2D eigenvalue weighted by Crippen LogP contribution is -2.40. The van der Waals surface area contributed by atoms with E-state index in [4.69, 9.17) is 0 Å². The van der Waals surface area contributed by atoms with Crippen LogP contribution in [0.3, 0.4) is 0 Å². The lowest BCUT2D eigenvalue weighted by Gasteiger charge is -2.36. The van der Waals surface area contributed by atoms with Crippen LogP contribution in [0.15, 0.2) is 24.3 Å². The highest BCUT2D eigenvalue weighted by Crippen LogP contribution is 2.24. The van der Waals surface area contributed by atoms with Crippen LogP contribution in [-0.2, 0) is 6.54 Å². The van der Waals surface area contributed by atoms with Gasteiger partial charge in [0.1, 0.15) is 5.75 Å². The summed E-state index contributed by atoms with van der Waals surface area (Å²) >= 11 is 0. The fraction of sp³-hybridized carbons (Fsp3) is 0.684. The van der Waals surface area contributed by atoms with Gasteiger partial charge in [0.2, 0.25) is 0 Å². The quantitative estimate of drug-likeness (QED) is 0.743. The predicted octanol–water partition coefficient (Wildman–Crippen LogP) is 4.13. The molecule has 134 valence electrons. The van der Waals surface area contributed by atoms with Gasteiger partial charge < -0.3 is 9.64 Å². The number of rotatable bonds is 7. The lowest BCUT2D eigenvalue weighted by molar-refractivity contribution is -0.0499. The molecule has 0 N–H and O–H groups in total. The first-order valence-electron chi connectivity index (χ1n) is 9.21. The molecule has 0 spiro atoms. The molecule has 2 aliphatic heterocycles. The van der Waals surface area contributed by atoms with Crippen molar-refractivity contribution < 1.29 is 13.5 Å². The molecule has 0 saturated carbocycles. The molecule has 1 atom stereocenters. The molecule has 2 aliphatic rings. The smallest absolute Gasteiger partial charge is 0.387 e. The second-order valence-electron chi connectivity index (χ2n) is 6.98. The maximum Gasteiger partial charge on any atom is 0.387 e. The second kappa shape index (κ2) is 8.77. The molecule has 1 aromatic carbocycles. The molecule has 0 aromatic heterocycles. The largest absolute Gasteiger partial charge is 0.435 e. The van der Waals surface area contributed by atoms with Gasteiger partial charge in [-0.15, -0.1) is 0 Å². The van der Waals surface area contributed by atoms with Gasteiger partial charge >= 0.3 is 6.61 Å². The van der Waals surface area contributed by atoms with Gasteiger partial charge in [0, 0.05) is 12.6 Å². The Morgan fingerprint density at radius 1 is 1.08 bits per heavy atom. The van der Waals surface area contributed by atoms with E-state index in [0.29, 0.717) is 6.04 Å². The SMILES string of the molecule is FC(F)Oc1cccc(CN2CCCC[C@H]2CCN2CCCC2)c1. The number of piperidine rings is 1. The normalized spacial score (nSPS) is 23.0. The second-order valence-corrected chi connectivity index (χ2v) is 6.98. The van der Waals surface area contributed by atoms with Crippen molar-refractivity contribution >= 4 is 0 Å². The van der Waals surface area contributed by atoms with E-state index < -0.39 is 6.61 Å². The van der Waals surface area contributed by atoms with Crippen LogP contribution in [0.5, 0.6) is 5.75 Å². The minimum Gasteiger partial charge on any atom is -0.435 e. The summed E-state index contributed by atoms with van der Waals surface area (Å²) in [5, 5.41) is 0. The summed E-state index contributed by atoms with van der Waals surface area (Å²) in [6, 6.07) is 7.76. The van der Waals surface area contributed by atoms with Gasteiger partial charge in [0.15, 0.2) is 0 Å². The first kappa shape index (κ1) is 17.6. The Labute approximate surface area is 143 Å². The summed E-state index contributed by atoms with van der Waals surface area (Å²) in [6.07, 6.45) is 7.67. The van der Waals surface area contributed by atoms with Crippen LogP contribution in [0.25, 0.3) is 0 Å². The number of likely N-dealkylation sites (tertiary alicyclic amines) is 2. The molecule has 2 fully saturated rings. The van der Waals surface area contributed by atoms with E-state index in [1.165, 1.54) is 58.2 Å². The first-order chi connectivity index (χ1) is 11.7. The van der Waals surface area contributed by atoms with Gasteiger partial charge in [-0.25, -0.2) is 0 Å². The van der Waals surface area contributed by atoms with Gasteiger partial charge in [-0.3, -0.25) is 4.90 Å². The van der Waals surface area contributed by atoms with Gasteiger partial charge in [0.25, 0.3) is 0 Å². The summed E-state index contributed by atoms with van der Waals surface area (Å²) in [5.41, 5.74) is 1.06. The fourth-order valence-corrected chi connectivity index (χ4v) is 3.99. The molecule has 24 heavy (non-hydrogen) atoms. The summed E-state index contributed by atoms with van der Waals surface area (Å²) in [7, 11) is 0. The molecule has 2 heterocycles. The monoisotopic (exact) mass is 338 g/mol. The number of ether oxygens (including phenoxy) is 1. The van der Waals surface area contributed by atoms with Crippen LogP contribution in [0.1, 0.15) is 44.1 Å². The van der Waals surface area contributed by atoms with Crippen LogP contribution >= 0.6 is 0 Å². The third kappa shape index (κ3) is 5.15. The minimum absolute atomic E-state index is 0.258. The van der Waals surface area contributed by atoms with Crippen molar-refractivity contribution in [1.82, 2.24) is 9.80 Å². The molecule has 0 radical (unpaired) electrons. The molecule has 2 saturated heterocycles. The van der Waals surface area contributed by atoms with Crippen molar-refractivity contribution in [1.29, 1.82) is 0 Å². The highest BCUT2D eigenvalue weighted by molar-refractivity contribution is 5.28. The number of halogens is 2. The van der Waals surface area contributed by atoms with Crippen molar-refractivity contribution in [2.75, 3.05) is 26.2 Å². The molecule has 3 rings (SSSR count). The van der Waals surface area contributed by atoms with E-state index in [9.17, 15) is 8.78 Å². The third-order valence-corrected chi connectivity index (χ3v) is 5.24. The summed E-state index contributed by atoms with van der Waals surface area (Å²) in [6.45, 7) is 2.86. The topological polar surface area (TPSA) is 15.7 Å². The van der Waals surface area contributed by atoms with Crippen molar-refractivity contribution in [2.45, 2.75) is 57.7 Å². The van der Waals surface area contributed by atoms with Gasteiger partial charge in [-0.1, -0.05) is 18.6 Å². The zero-order valence-electron chi connectivity index (χ0n) is 14.3.